The predicted octanol–water partition coefficient (Wildman–Crippen LogP) is 2.69. The lowest BCUT2D eigenvalue weighted by molar-refractivity contribution is -0.147. The molecule has 0 aliphatic heterocycles. The number of hydrogen-bond acceptors (Lipinski definition) is 2. The molecule has 0 saturated heterocycles. The molecular weight excluding hydrogens is 208 g/mol. The minimum absolute atomic E-state index is 0.334. The van der Waals surface area contributed by atoms with Gasteiger partial charge in [-0.3, -0.25) is 9.59 Å². The van der Waals surface area contributed by atoms with Crippen molar-refractivity contribution in [2.24, 2.45) is 5.92 Å². The third kappa shape index (κ3) is 4.96. The smallest absolute Gasteiger partial charge is 0.311 e. The average Bonchev–Trinajstić information content (AvgIpc) is 2.15. The molecule has 0 saturated carbocycles. The van der Waals surface area contributed by atoms with E-state index < -0.39 is 17.9 Å². The van der Waals surface area contributed by atoms with E-state index in [9.17, 15) is 9.59 Å². The van der Waals surface area contributed by atoms with Gasteiger partial charge in [-0.1, -0.05) is 24.5 Å². The fourth-order valence-corrected chi connectivity index (χ4v) is 1.67. The van der Waals surface area contributed by atoms with Crippen LogP contribution in [-0.2, 0) is 9.59 Å². The summed E-state index contributed by atoms with van der Waals surface area (Å²) in [5, 5.41) is 17.7. The second-order valence-electron chi connectivity index (χ2n) is 4.12. The van der Waals surface area contributed by atoms with Gasteiger partial charge in [-0.25, -0.2) is 0 Å². The molecule has 0 fully saturated rings. The maximum atomic E-state index is 11.0. The molecule has 1 atom stereocenters. The van der Waals surface area contributed by atoms with Crippen LogP contribution in [0.3, 0.4) is 0 Å². The van der Waals surface area contributed by atoms with Gasteiger partial charge in [0, 0.05) is 0 Å². The van der Waals surface area contributed by atoms with Crippen molar-refractivity contribution in [3.05, 3.63) is 11.1 Å². The molecule has 0 spiro atoms. The summed E-state index contributed by atoms with van der Waals surface area (Å²) in [6.07, 6.45) is 2.20. The zero-order valence-corrected chi connectivity index (χ0v) is 10.1. The summed E-state index contributed by atoms with van der Waals surface area (Å²) >= 11 is 0. The zero-order chi connectivity index (χ0) is 12.7. The summed E-state index contributed by atoms with van der Waals surface area (Å²) in [6.45, 7) is 5.70. The van der Waals surface area contributed by atoms with E-state index in [0.29, 0.717) is 6.42 Å². The van der Waals surface area contributed by atoms with Crippen LogP contribution in [-0.4, -0.2) is 22.2 Å². The molecule has 0 bridgehead atoms. The van der Waals surface area contributed by atoms with E-state index in [1.54, 1.807) is 0 Å². The van der Waals surface area contributed by atoms with E-state index in [2.05, 4.69) is 0 Å². The highest BCUT2D eigenvalue weighted by Gasteiger charge is 2.25. The van der Waals surface area contributed by atoms with E-state index >= 15 is 0 Å². The summed E-state index contributed by atoms with van der Waals surface area (Å²) in [4.78, 5) is 21.7. The molecule has 0 aromatic rings. The van der Waals surface area contributed by atoms with Gasteiger partial charge < -0.3 is 10.2 Å². The highest BCUT2D eigenvalue weighted by molar-refractivity contribution is 5.80. The summed E-state index contributed by atoms with van der Waals surface area (Å²) < 4.78 is 0. The molecular formula is C12H20O4. The molecule has 0 heterocycles. The van der Waals surface area contributed by atoms with Gasteiger partial charge in [0.2, 0.25) is 0 Å². The molecule has 0 aromatic carbocycles. The fraction of sp³-hybridized carbons (Fsp3) is 0.667. The van der Waals surface area contributed by atoms with E-state index in [-0.39, 0.29) is 6.42 Å². The largest absolute Gasteiger partial charge is 0.481 e. The topological polar surface area (TPSA) is 74.6 Å². The van der Waals surface area contributed by atoms with Crippen molar-refractivity contribution in [3.8, 4) is 0 Å². The first-order valence-electron chi connectivity index (χ1n) is 5.51. The molecule has 0 amide bonds. The van der Waals surface area contributed by atoms with Crippen molar-refractivity contribution in [1.29, 1.82) is 0 Å². The van der Waals surface area contributed by atoms with E-state index in [0.717, 1.165) is 24.0 Å². The van der Waals surface area contributed by atoms with Gasteiger partial charge in [-0.15, -0.1) is 0 Å². The summed E-state index contributed by atoms with van der Waals surface area (Å²) in [6, 6.07) is 0. The fourth-order valence-electron chi connectivity index (χ4n) is 1.67. The van der Waals surface area contributed by atoms with Crippen molar-refractivity contribution >= 4 is 11.9 Å². The monoisotopic (exact) mass is 228 g/mol. The number of carboxylic acid groups (broad SMARTS) is 2. The number of unbranched alkanes of at least 4 members (excludes halogenated alkanes) is 1. The van der Waals surface area contributed by atoms with Gasteiger partial charge in [0.1, 0.15) is 0 Å². The molecule has 92 valence electrons. The van der Waals surface area contributed by atoms with E-state index in [4.69, 9.17) is 10.2 Å². The molecule has 0 rings (SSSR count). The Bertz CT molecular complexity index is 287. The van der Waals surface area contributed by atoms with Crippen molar-refractivity contribution in [3.63, 3.8) is 0 Å². The highest BCUT2D eigenvalue weighted by atomic mass is 16.4. The van der Waals surface area contributed by atoms with E-state index in [1.165, 1.54) is 0 Å². The molecule has 0 radical (unpaired) electrons. The van der Waals surface area contributed by atoms with Crippen molar-refractivity contribution in [2.75, 3.05) is 0 Å². The van der Waals surface area contributed by atoms with Gasteiger partial charge in [-0.05, 0) is 26.7 Å². The Morgan fingerprint density at radius 1 is 1.19 bits per heavy atom. The average molecular weight is 228 g/mol. The summed E-state index contributed by atoms with van der Waals surface area (Å²) in [5.41, 5.74) is 1.68. The lowest BCUT2D eigenvalue weighted by Crippen LogP contribution is -2.21. The minimum atomic E-state index is -1.07. The number of allylic oxidation sites excluding steroid dienone is 1. The standard InChI is InChI=1S/C12H20O4/c1-4-5-6-9(8(2)3)10(12(15)16)7-11(13)14/h10H,4-7H2,1-3H3,(H,13,14)(H,15,16). The first kappa shape index (κ1) is 14.7. The molecule has 4 nitrogen and oxygen atoms in total. The zero-order valence-electron chi connectivity index (χ0n) is 10.1. The van der Waals surface area contributed by atoms with Crippen LogP contribution in [0.2, 0.25) is 0 Å². The minimum Gasteiger partial charge on any atom is -0.481 e. The third-order valence-electron chi connectivity index (χ3n) is 2.54. The van der Waals surface area contributed by atoms with E-state index in [1.807, 2.05) is 20.8 Å². The van der Waals surface area contributed by atoms with Crippen LogP contribution in [0.1, 0.15) is 46.5 Å². The first-order valence-corrected chi connectivity index (χ1v) is 5.51. The second kappa shape index (κ2) is 7.04. The Morgan fingerprint density at radius 3 is 2.06 bits per heavy atom. The lowest BCUT2D eigenvalue weighted by Gasteiger charge is -2.16. The van der Waals surface area contributed by atoms with Crippen LogP contribution in [0.25, 0.3) is 0 Å². The Morgan fingerprint density at radius 2 is 1.75 bits per heavy atom. The van der Waals surface area contributed by atoms with Crippen LogP contribution in [0.4, 0.5) is 0 Å². The molecule has 16 heavy (non-hydrogen) atoms. The van der Waals surface area contributed by atoms with Crippen LogP contribution in [0.15, 0.2) is 11.1 Å². The number of hydrogen-bond donors (Lipinski definition) is 2. The molecule has 1 unspecified atom stereocenters. The normalized spacial score (nSPS) is 11.9. The summed E-state index contributed by atoms with van der Waals surface area (Å²) in [5.74, 6) is -2.99. The van der Waals surface area contributed by atoms with Crippen molar-refractivity contribution in [2.45, 2.75) is 46.5 Å². The number of rotatable bonds is 7. The number of carboxylic acids is 2. The van der Waals surface area contributed by atoms with Gasteiger partial charge >= 0.3 is 11.9 Å². The Kier molecular flexibility index (Phi) is 6.46. The predicted molar refractivity (Wildman–Crippen MR) is 61.3 cm³/mol. The Hall–Kier alpha value is -1.32. The Labute approximate surface area is 96.0 Å². The maximum absolute atomic E-state index is 11.0. The van der Waals surface area contributed by atoms with Gasteiger partial charge in [0.15, 0.2) is 0 Å². The molecule has 2 N–H and O–H groups in total. The molecule has 4 heteroatoms. The van der Waals surface area contributed by atoms with Crippen LogP contribution in [0.5, 0.6) is 0 Å². The molecule has 0 aliphatic carbocycles. The van der Waals surface area contributed by atoms with Gasteiger partial charge in [0.25, 0.3) is 0 Å². The van der Waals surface area contributed by atoms with Crippen molar-refractivity contribution < 1.29 is 19.8 Å². The highest BCUT2D eigenvalue weighted by Crippen LogP contribution is 2.24. The quantitative estimate of drug-likeness (QED) is 0.657. The third-order valence-corrected chi connectivity index (χ3v) is 2.54. The maximum Gasteiger partial charge on any atom is 0.311 e. The van der Waals surface area contributed by atoms with Crippen LogP contribution in [0, 0.1) is 5.92 Å². The van der Waals surface area contributed by atoms with Crippen LogP contribution >= 0.6 is 0 Å². The molecule has 0 aliphatic rings. The number of carbonyl (C=O) groups is 2. The van der Waals surface area contributed by atoms with Gasteiger partial charge in [-0.2, -0.15) is 0 Å². The van der Waals surface area contributed by atoms with Gasteiger partial charge in [0.05, 0.1) is 12.3 Å². The Balaban J connectivity index is 4.89. The van der Waals surface area contributed by atoms with Crippen molar-refractivity contribution in [1.82, 2.24) is 0 Å². The summed E-state index contributed by atoms with van der Waals surface area (Å²) in [7, 11) is 0. The van der Waals surface area contributed by atoms with Crippen LogP contribution < -0.4 is 0 Å². The second-order valence-corrected chi connectivity index (χ2v) is 4.12. The lowest BCUT2D eigenvalue weighted by atomic mass is 9.88. The first-order chi connectivity index (χ1) is 7.40. The number of aliphatic carboxylic acids is 2. The SMILES string of the molecule is CCCCC(=C(C)C)C(CC(=O)O)C(=O)O. The molecule has 0 aromatic heterocycles.